The average Bonchev–Trinajstić information content (AvgIpc) is 3.12. The van der Waals surface area contributed by atoms with E-state index in [0.717, 1.165) is 12.1 Å². The number of hydrogen-bond acceptors (Lipinski definition) is 11. The Labute approximate surface area is 442 Å². The number of anilines is 4. The van der Waals surface area contributed by atoms with E-state index in [9.17, 15) is 66.3 Å². The topological polar surface area (TPSA) is 317 Å². The molecular weight excluding hydrogens is 937 g/mol. The van der Waals surface area contributed by atoms with E-state index in [1.807, 2.05) is 0 Å². The predicted octanol–water partition coefficient (Wildman–Crippen LogP) is 3.61. The molecular formula is C35H26N4Na4O15S4. The number of urea groups is 1. The first-order valence-electron chi connectivity index (χ1n) is 15.9. The fourth-order valence-electron chi connectivity index (χ4n) is 5.65. The van der Waals surface area contributed by atoms with Gasteiger partial charge in [0, 0.05) is 163 Å². The summed E-state index contributed by atoms with van der Waals surface area (Å²) in [6.45, 7) is 0. The smallest absolute Gasteiger partial charge is 0.322 e. The number of carbonyl (C=O) groups excluding carboxylic acids is 3. The molecule has 4 radical (unpaired) electrons. The van der Waals surface area contributed by atoms with Crippen molar-refractivity contribution in [1.82, 2.24) is 0 Å². The SMILES string of the molecule is O=C(Nc1cccc(C(=O)Nc2ccc3cc(S(=O)(=O)O)cc(S(=O)(=O)O)c3c2)c1)Nc1cccc(C(=O)Nc2ccc3cc(S(=O)(=O)O)cc(S(=O)(=O)O)c3c2)c1.[Na].[Na].[Na].[Na]. The molecule has 0 unspecified atom stereocenters. The molecule has 4 amide bonds. The number of carbonyl (C=O) groups is 3. The Morgan fingerprint density at radius 1 is 0.387 bits per heavy atom. The Hall–Kier alpha value is -2.31. The molecule has 0 fully saturated rings. The van der Waals surface area contributed by atoms with E-state index in [4.69, 9.17) is 0 Å². The van der Waals surface area contributed by atoms with E-state index in [1.54, 1.807) is 0 Å². The van der Waals surface area contributed by atoms with Gasteiger partial charge in [-0.05, 0) is 95.7 Å². The van der Waals surface area contributed by atoms with Gasteiger partial charge in [0.25, 0.3) is 52.3 Å². The molecule has 27 heteroatoms. The minimum absolute atomic E-state index is 0. The van der Waals surface area contributed by atoms with Gasteiger partial charge in [-0.3, -0.25) is 27.8 Å². The van der Waals surface area contributed by atoms with Crippen molar-refractivity contribution < 1.29 is 66.3 Å². The van der Waals surface area contributed by atoms with Crippen LogP contribution in [0.1, 0.15) is 20.7 Å². The molecule has 8 N–H and O–H groups in total. The van der Waals surface area contributed by atoms with E-state index in [2.05, 4.69) is 21.3 Å². The van der Waals surface area contributed by atoms with Crippen LogP contribution in [0.15, 0.2) is 129 Å². The summed E-state index contributed by atoms with van der Waals surface area (Å²) in [6.07, 6.45) is 0. The van der Waals surface area contributed by atoms with Gasteiger partial charge in [-0.1, -0.05) is 24.3 Å². The normalized spacial score (nSPS) is 11.4. The maximum Gasteiger partial charge on any atom is 0.323 e. The molecule has 0 bridgehead atoms. The molecule has 0 atom stereocenters. The van der Waals surface area contributed by atoms with Crippen molar-refractivity contribution in [2.45, 2.75) is 19.6 Å². The Morgan fingerprint density at radius 2 is 0.726 bits per heavy atom. The summed E-state index contributed by atoms with van der Waals surface area (Å²) < 4.78 is 133. The van der Waals surface area contributed by atoms with Gasteiger partial charge >= 0.3 is 6.03 Å². The molecule has 0 aliphatic carbocycles. The van der Waals surface area contributed by atoms with Crippen LogP contribution in [0.3, 0.4) is 0 Å². The summed E-state index contributed by atoms with van der Waals surface area (Å²) in [5.41, 5.74) is 0.440. The molecule has 6 rings (SSSR count). The zero-order valence-electron chi connectivity index (χ0n) is 32.8. The quantitative estimate of drug-likeness (QED) is 0.0718. The summed E-state index contributed by atoms with van der Waals surface area (Å²) in [6, 6.07) is 21.0. The zero-order valence-corrected chi connectivity index (χ0v) is 44.1. The molecule has 0 aliphatic heterocycles. The largest absolute Gasteiger partial charge is 0.323 e. The van der Waals surface area contributed by atoms with Crippen LogP contribution in [0.2, 0.25) is 0 Å². The summed E-state index contributed by atoms with van der Waals surface area (Å²) in [7, 11) is -19.6. The van der Waals surface area contributed by atoms with Crippen molar-refractivity contribution in [2.24, 2.45) is 0 Å². The average molecular weight is 963 g/mol. The van der Waals surface area contributed by atoms with E-state index in [1.165, 1.54) is 84.9 Å². The van der Waals surface area contributed by atoms with E-state index in [0.29, 0.717) is 12.1 Å². The first kappa shape index (κ1) is 55.8. The van der Waals surface area contributed by atoms with E-state index < -0.39 is 77.9 Å². The molecule has 0 saturated carbocycles. The second-order valence-electron chi connectivity index (χ2n) is 12.3. The van der Waals surface area contributed by atoms with Crippen molar-refractivity contribution in [1.29, 1.82) is 0 Å². The van der Waals surface area contributed by atoms with Gasteiger partial charge in [0.15, 0.2) is 0 Å². The minimum Gasteiger partial charge on any atom is -0.322 e. The van der Waals surface area contributed by atoms with Gasteiger partial charge in [-0.15, -0.1) is 0 Å². The Morgan fingerprint density at radius 3 is 1.05 bits per heavy atom. The van der Waals surface area contributed by atoms with Crippen LogP contribution in [0.4, 0.5) is 27.5 Å². The van der Waals surface area contributed by atoms with Gasteiger partial charge in [-0.2, -0.15) is 33.7 Å². The molecule has 6 aromatic rings. The maximum absolute atomic E-state index is 13.1. The van der Waals surface area contributed by atoms with Crippen LogP contribution in [0.25, 0.3) is 21.5 Å². The molecule has 0 spiro atoms. The van der Waals surface area contributed by atoms with Gasteiger partial charge in [0.2, 0.25) is 0 Å². The number of hydrogen-bond donors (Lipinski definition) is 8. The third kappa shape index (κ3) is 13.9. The van der Waals surface area contributed by atoms with Gasteiger partial charge < -0.3 is 21.3 Å². The summed E-state index contributed by atoms with van der Waals surface area (Å²) in [5.74, 6) is -1.43. The van der Waals surface area contributed by atoms with Crippen molar-refractivity contribution in [3.05, 3.63) is 120 Å². The fraction of sp³-hybridized carbons (Fsp3) is 0. The molecule has 6 aromatic carbocycles. The minimum atomic E-state index is -4.98. The Bertz CT molecular complexity index is 3000. The number of amides is 4. The maximum atomic E-state index is 13.1. The molecule has 62 heavy (non-hydrogen) atoms. The summed E-state index contributed by atoms with van der Waals surface area (Å²) in [5, 5.41) is 9.83. The Kier molecular flexibility index (Phi) is 19.6. The van der Waals surface area contributed by atoms with Crippen LogP contribution in [-0.4, -0.2) is 188 Å². The molecule has 0 heterocycles. The van der Waals surface area contributed by atoms with Gasteiger partial charge in [-0.25, -0.2) is 4.79 Å². The monoisotopic (exact) mass is 962 g/mol. The standard InChI is InChI=1S/C35H26N4O15S4.4Na/c40-33(36-25-9-7-19-13-27(55(43,44)45)17-31(29(19)15-25)57(49,50)51)21-3-1-5-23(11-21)38-35(42)39-24-6-2-4-22(12-24)34(41)37-26-10-8-20-14-28(56(46,47)48)18-32(30(20)16-26)58(52,53)54;;;;/h1-18H,(H,36,40)(H,37,41)(H2,38,39,42)(H,43,44,45)(H,46,47,48)(H,49,50,51)(H,52,53,54);;;;. The van der Waals surface area contributed by atoms with Gasteiger partial charge in [0.05, 0.1) is 9.79 Å². The van der Waals surface area contributed by atoms with Crippen LogP contribution >= 0.6 is 0 Å². The summed E-state index contributed by atoms with van der Waals surface area (Å²) in [4.78, 5) is 35.9. The van der Waals surface area contributed by atoms with Crippen molar-refractivity contribution in [2.75, 3.05) is 21.3 Å². The Balaban J connectivity index is 0.00000331. The number of benzene rings is 6. The first-order valence-corrected chi connectivity index (χ1v) is 21.7. The van der Waals surface area contributed by atoms with Crippen molar-refractivity contribution >= 4 is 221 Å². The third-order valence-corrected chi connectivity index (χ3v) is 11.7. The third-order valence-electron chi connectivity index (χ3n) is 8.21. The van der Waals surface area contributed by atoms with E-state index in [-0.39, 0.29) is 174 Å². The molecule has 0 aliphatic rings. The molecule has 304 valence electrons. The predicted molar refractivity (Wildman–Crippen MR) is 232 cm³/mol. The van der Waals surface area contributed by atoms with Crippen molar-refractivity contribution in [3.8, 4) is 0 Å². The fourth-order valence-corrected chi connectivity index (χ4v) is 8.35. The molecule has 0 aromatic heterocycles. The molecule has 19 nitrogen and oxygen atoms in total. The second-order valence-corrected chi connectivity index (χ2v) is 17.9. The van der Waals surface area contributed by atoms with Crippen LogP contribution in [0.5, 0.6) is 0 Å². The summed E-state index contributed by atoms with van der Waals surface area (Å²) >= 11 is 0. The second kappa shape index (κ2) is 21.8. The molecule has 0 saturated heterocycles. The van der Waals surface area contributed by atoms with Crippen molar-refractivity contribution in [3.63, 3.8) is 0 Å². The van der Waals surface area contributed by atoms with Crippen LogP contribution < -0.4 is 21.3 Å². The zero-order chi connectivity index (χ0) is 42.4. The van der Waals surface area contributed by atoms with Crippen LogP contribution in [0, 0.1) is 0 Å². The first-order chi connectivity index (χ1) is 27.0. The number of rotatable bonds is 10. The van der Waals surface area contributed by atoms with E-state index >= 15 is 0 Å². The van der Waals surface area contributed by atoms with Crippen LogP contribution in [-0.2, 0) is 40.5 Å². The van der Waals surface area contributed by atoms with Gasteiger partial charge in [0.1, 0.15) is 9.79 Å². The number of fused-ring (bicyclic) bond motifs is 2. The number of nitrogens with one attached hydrogen (secondary N) is 4.